The number of aliphatic hydroxyl groups excluding tert-OH is 1. The molecule has 3 atom stereocenters. The van der Waals surface area contributed by atoms with Crippen molar-refractivity contribution in [2.24, 2.45) is 5.92 Å². The molecule has 2 aliphatic heterocycles. The van der Waals surface area contributed by atoms with E-state index < -0.39 is 0 Å². The Labute approximate surface area is 125 Å². The molecule has 2 heterocycles. The lowest BCUT2D eigenvalue weighted by atomic mass is 9.95. The van der Waals surface area contributed by atoms with Crippen molar-refractivity contribution in [3.63, 3.8) is 0 Å². The largest absolute Gasteiger partial charge is 0.393 e. The van der Waals surface area contributed by atoms with Gasteiger partial charge in [-0.25, -0.2) is 0 Å². The van der Waals surface area contributed by atoms with Gasteiger partial charge < -0.3 is 14.7 Å². The number of carbonyl (C=O) groups is 1. The Morgan fingerprint density at radius 2 is 2.29 bits per heavy atom. The maximum atomic E-state index is 12.5. The topological polar surface area (TPSA) is 49.8 Å². The fourth-order valence-electron chi connectivity index (χ4n) is 3.34. The van der Waals surface area contributed by atoms with Crippen LogP contribution in [0.5, 0.6) is 0 Å². The first-order valence-corrected chi connectivity index (χ1v) is 7.80. The molecule has 1 N–H and O–H groups in total. The third-order valence-corrected chi connectivity index (χ3v) is 4.71. The highest BCUT2D eigenvalue weighted by Gasteiger charge is 2.31. The zero-order valence-corrected chi connectivity index (χ0v) is 12.5. The van der Waals surface area contributed by atoms with Crippen molar-refractivity contribution >= 4 is 5.91 Å². The van der Waals surface area contributed by atoms with Crippen LogP contribution in [0.3, 0.4) is 0 Å². The van der Waals surface area contributed by atoms with Gasteiger partial charge in [-0.05, 0) is 30.9 Å². The van der Waals surface area contributed by atoms with Gasteiger partial charge in [0.1, 0.15) is 0 Å². The molecule has 0 aliphatic carbocycles. The molecule has 4 heteroatoms. The van der Waals surface area contributed by atoms with Crippen molar-refractivity contribution < 1.29 is 14.6 Å². The van der Waals surface area contributed by atoms with Crippen LogP contribution in [0.25, 0.3) is 0 Å². The first-order valence-electron chi connectivity index (χ1n) is 7.80. The van der Waals surface area contributed by atoms with Gasteiger partial charge in [0.2, 0.25) is 5.91 Å². The molecule has 21 heavy (non-hydrogen) atoms. The molecule has 1 fully saturated rings. The van der Waals surface area contributed by atoms with E-state index in [-0.39, 0.29) is 24.0 Å². The first kappa shape index (κ1) is 14.5. The predicted octanol–water partition coefficient (Wildman–Crippen LogP) is 1.92. The molecule has 2 aliphatic rings. The fraction of sp³-hybridized carbons (Fsp3) is 0.588. The maximum absolute atomic E-state index is 12.5. The van der Waals surface area contributed by atoms with Gasteiger partial charge in [0.15, 0.2) is 0 Å². The van der Waals surface area contributed by atoms with E-state index in [4.69, 9.17) is 4.74 Å². The monoisotopic (exact) mass is 289 g/mol. The Morgan fingerprint density at radius 3 is 3.05 bits per heavy atom. The highest BCUT2D eigenvalue weighted by molar-refractivity contribution is 5.77. The number of fused-ring (bicyclic) bond motifs is 1. The molecular formula is C17H23NO3. The van der Waals surface area contributed by atoms with Crippen LogP contribution >= 0.6 is 0 Å². The van der Waals surface area contributed by atoms with Gasteiger partial charge >= 0.3 is 0 Å². The van der Waals surface area contributed by atoms with E-state index in [2.05, 4.69) is 12.1 Å². The molecule has 0 spiro atoms. The lowest BCUT2D eigenvalue weighted by Crippen LogP contribution is -2.32. The van der Waals surface area contributed by atoms with Crippen molar-refractivity contribution in [3.8, 4) is 0 Å². The summed E-state index contributed by atoms with van der Waals surface area (Å²) < 4.78 is 5.81. The fourth-order valence-corrected chi connectivity index (χ4v) is 3.34. The zero-order chi connectivity index (χ0) is 14.8. The van der Waals surface area contributed by atoms with Crippen molar-refractivity contribution in [1.29, 1.82) is 0 Å². The molecule has 0 radical (unpaired) electrons. The van der Waals surface area contributed by atoms with Gasteiger partial charge in [0.05, 0.1) is 25.2 Å². The third kappa shape index (κ3) is 3.11. The highest BCUT2D eigenvalue weighted by atomic mass is 16.5. The number of carbonyl (C=O) groups excluding carboxylic acids is 1. The molecule has 4 nitrogen and oxygen atoms in total. The molecule has 0 aromatic heterocycles. The number of aliphatic hydroxyl groups is 1. The molecule has 114 valence electrons. The Kier molecular flexibility index (Phi) is 4.27. The SMILES string of the molecule is CC(O)C1CCN(C(=O)CC2OCCc3ccccc32)C1. The lowest BCUT2D eigenvalue weighted by Gasteiger charge is -2.27. The van der Waals surface area contributed by atoms with Crippen LogP contribution in [0.4, 0.5) is 0 Å². The van der Waals surface area contributed by atoms with Crippen molar-refractivity contribution in [1.82, 2.24) is 4.90 Å². The summed E-state index contributed by atoms with van der Waals surface area (Å²) in [6.07, 6.45) is 1.77. The summed E-state index contributed by atoms with van der Waals surface area (Å²) in [5.41, 5.74) is 2.45. The Hall–Kier alpha value is -1.39. The summed E-state index contributed by atoms with van der Waals surface area (Å²) in [5, 5.41) is 9.64. The number of nitrogens with zero attached hydrogens (tertiary/aromatic N) is 1. The maximum Gasteiger partial charge on any atom is 0.225 e. The standard InChI is InChI=1S/C17H23NO3/c1-12(19)14-6-8-18(11-14)17(20)10-16-15-5-3-2-4-13(15)7-9-21-16/h2-5,12,14,16,19H,6-11H2,1H3. The number of amides is 1. The van der Waals surface area contributed by atoms with Crippen LogP contribution in [-0.4, -0.2) is 41.7 Å². The Bertz CT molecular complexity index is 515. The van der Waals surface area contributed by atoms with E-state index in [0.717, 1.165) is 24.9 Å². The predicted molar refractivity (Wildman–Crippen MR) is 79.8 cm³/mol. The van der Waals surface area contributed by atoms with Gasteiger partial charge in [0.25, 0.3) is 0 Å². The molecule has 1 aromatic carbocycles. The second-order valence-electron chi connectivity index (χ2n) is 6.14. The van der Waals surface area contributed by atoms with E-state index in [0.29, 0.717) is 19.6 Å². The van der Waals surface area contributed by atoms with Gasteiger partial charge in [-0.2, -0.15) is 0 Å². The Balaban J connectivity index is 1.64. The van der Waals surface area contributed by atoms with E-state index >= 15 is 0 Å². The average molecular weight is 289 g/mol. The van der Waals surface area contributed by atoms with E-state index in [1.807, 2.05) is 17.0 Å². The minimum absolute atomic E-state index is 0.118. The second-order valence-corrected chi connectivity index (χ2v) is 6.14. The number of ether oxygens (including phenoxy) is 1. The minimum atomic E-state index is -0.338. The number of hydrogen-bond acceptors (Lipinski definition) is 3. The number of hydrogen-bond donors (Lipinski definition) is 1. The molecule has 3 rings (SSSR count). The summed E-state index contributed by atoms with van der Waals surface area (Å²) in [7, 11) is 0. The van der Waals surface area contributed by atoms with Crippen LogP contribution in [0.2, 0.25) is 0 Å². The van der Waals surface area contributed by atoms with Crippen LogP contribution in [0.15, 0.2) is 24.3 Å². The van der Waals surface area contributed by atoms with Crippen molar-refractivity contribution in [3.05, 3.63) is 35.4 Å². The van der Waals surface area contributed by atoms with Crippen LogP contribution in [0.1, 0.15) is 37.0 Å². The van der Waals surface area contributed by atoms with E-state index in [9.17, 15) is 9.90 Å². The summed E-state index contributed by atoms with van der Waals surface area (Å²) in [4.78, 5) is 14.3. The Morgan fingerprint density at radius 1 is 1.48 bits per heavy atom. The number of benzene rings is 1. The van der Waals surface area contributed by atoms with Gasteiger partial charge in [0, 0.05) is 19.0 Å². The number of likely N-dealkylation sites (tertiary alicyclic amines) is 1. The minimum Gasteiger partial charge on any atom is -0.393 e. The van der Waals surface area contributed by atoms with E-state index in [1.165, 1.54) is 5.56 Å². The molecule has 0 bridgehead atoms. The molecule has 1 aromatic rings. The zero-order valence-electron chi connectivity index (χ0n) is 12.5. The smallest absolute Gasteiger partial charge is 0.225 e. The molecule has 0 saturated carbocycles. The normalized spacial score (nSPS) is 26.5. The lowest BCUT2D eigenvalue weighted by molar-refractivity contribution is -0.133. The summed E-state index contributed by atoms with van der Waals surface area (Å²) in [6.45, 7) is 3.91. The first-order chi connectivity index (χ1) is 10.1. The molecule has 1 amide bonds. The third-order valence-electron chi connectivity index (χ3n) is 4.71. The van der Waals surface area contributed by atoms with Crippen LogP contribution in [0, 0.1) is 5.92 Å². The van der Waals surface area contributed by atoms with Gasteiger partial charge in [-0.1, -0.05) is 24.3 Å². The quantitative estimate of drug-likeness (QED) is 0.925. The molecule has 1 saturated heterocycles. The second kappa shape index (κ2) is 6.16. The van der Waals surface area contributed by atoms with Crippen LogP contribution in [-0.2, 0) is 16.0 Å². The van der Waals surface area contributed by atoms with Crippen LogP contribution < -0.4 is 0 Å². The van der Waals surface area contributed by atoms with Gasteiger partial charge in [-0.15, -0.1) is 0 Å². The van der Waals surface area contributed by atoms with Crippen molar-refractivity contribution in [2.45, 2.75) is 38.4 Å². The number of rotatable bonds is 3. The summed E-state index contributed by atoms with van der Waals surface area (Å²) >= 11 is 0. The average Bonchev–Trinajstić information content (AvgIpc) is 2.98. The molecular weight excluding hydrogens is 266 g/mol. The summed E-state index contributed by atoms with van der Waals surface area (Å²) in [5.74, 6) is 0.355. The van der Waals surface area contributed by atoms with E-state index in [1.54, 1.807) is 6.92 Å². The summed E-state index contributed by atoms with van der Waals surface area (Å²) in [6, 6.07) is 8.23. The molecule has 3 unspecified atom stereocenters. The van der Waals surface area contributed by atoms with Gasteiger partial charge in [-0.3, -0.25) is 4.79 Å². The van der Waals surface area contributed by atoms with Crippen molar-refractivity contribution in [2.75, 3.05) is 19.7 Å². The highest BCUT2D eigenvalue weighted by Crippen LogP contribution is 2.31.